The van der Waals surface area contributed by atoms with Gasteiger partial charge in [0.1, 0.15) is 5.60 Å². The van der Waals surface area contributed by atoms with E-state index in [1.165, 1.54) is 24.0 Å². The highest BCUT2D eigenvalue weighted by molar-refractivity contribution is 5.85. The fourth-order valence-corrected chi connectivity index (χ4v) is 4.80. The molecule has 4 atom stereocenters. The Morgan fingerprint density at radius 1 is 1.29 bits per heavy atom. The molecule has 112 valence electrons. The number of hydrogen-bond acceptors (Lipinski definition) is 2. The van der Waals surface area contributed by atoms with Gasteiger partial charge in [-0.05, 0) is 30.4 Å². The van der Waals surface area contributed by atoms with E-state index in [4.69, 9.17) is 6.42 Å². The van der Waals surface area contributed by atoms with Crippen molar-refractivity contribution >= 4 is 12.4 Å². The monoisotopic (exact) mass is 303 g/mol. The van der Waals surface area contributed by atoms with Crippen LogP contribution in [-0.2, 0) is 6.42 Å². The van der Waals surface area contributed by atoms with Crippen molar-refractivity contribution in [2.24, 2.45) is 5.92 Å². The second-order valence-electron chi connectivity index (χ2n) is 6.58. The molecule has 4 rings (SSSR count). The van der Waals surface area contributed by atoms with Crippen LogP contribution in [0.25, 0.3) is 0 Å². The van der Waals surface area contributed by atoms with E-state index in [2.05, 4.69) is 35.1 Å². The Morgan fingerprint density at radius 2 is 2.10 bits per heavy atom. The van der Waals surface area contributed by atoms with Crippen LogP contribution in [0.2, 0.25) is 0 Å². The molecule has 1 N–H and O–H groups in total. The summed E-state index contributed by atoms with van der Waals surface area (Å²) in [5.41, 5.74) is 1.91. The molecule has 0 radical (unpaired) electrons. The summed E-state index contributed by atoms with van der Waals surface area (Å²) in [6.07, 6.45) is 11.0. The Labute approximate surface area is 132 Å². The summed E-state index contributed by atoms with van der Waals surface area (Å²) in [6.45, 7) is 1.11. The smallest absolute Gasteiger partial charge is 0.131 e. The Bertz CT molecular complexity index is 581. The minimum atomic E-state index is -0.910. The van der Waals surface area contributed by atoms with Crippen molar-refractivity contribution in [3.63, 3.8) is 0 Å². The summed E-state index contributed by atoms with van der Waals surface area (Å²) >= 11 is 0. The Balaban J connectivity index is 0.00000132. The van der Waals surface area contributed by atoms with Crippen LogP contribution in [0.15, 0.2) is 24.3 Å². The maximum Gasteiger partial charge on any atom is 0.131 e. The molecule has 1 aliphatic carbocycles. The number of hydrogen-bond donors (Lipinski definition) is 1. The highest BCUT2D eigenvalue weighted by atomic mass is 35.5. The maximum absolute atomic E-state index is 11.0. The molecule has 4 unspecified atom stereocenters. The number of fused-ring (bicyclic) bond motifs is 5. The van der Waals surface area contributed by atoms with Gasteiger partial charge in [0.05, 0.1) is 0 Å². The molecule has 21 heavy (non-hydrogen) atoms. The van der Waals surface area contributed by atoms with Gasteiger partial charge >= 0.3 is 0 Å². The fraction of sp³-hybridized carbons (Fsp3) is 0.556. The molecule has 0 bridgehead atoms. The van der Waals surface area contributed by atoms with Crippen LogP contribution in [0.3, 0.4) is 0 Å². The molecular weight excluding hydrogens is 282 g/mol. The van der Waals surface area contributed by atoms with Gasteiger partial charge in [-0.3, -0.25) is 4.90 Å². The van der Waals surface area contributed by atoms with Gasteiger partial charge in [-0.15, -0.1) is 18.8 Å². The number of aliphatic hydroxyl groups is 1. The van der Waals surface area contributed by atoms with E-state index >= 15 is 0 Å². The van der Waals surface area contributed by atoms with Gasteiger partial charge in [-0.25, -0.2) is 0 Å². The zero-order valence-corrected chi connectivity index (χ0v) is 13.0. The standard InChI is InChI=1S/C18H21NO.ClH/c1-2-18(20)12-17-14-7-4-3-6-13(14)10-11-19(17)16-9-5-8-15(16)18;/h1,3-4,6-7,15-17,20H,5,8-12H2;1H. The second-order valence-corrected chi connectivity index (χ2v) is 6.58. The first-order valence-corrected chi connectivity index (χ1v) is 7.76. The molecule has 2 heterocycles. The fourth-order valence-electron chi connectivity index (χ4n) is 4.80. The third-order valence-electron chi connectivity index (χ3n) is 5.73. The molecule has 3 heteroatoms. The molecule has 1 aromatic rings. The third kappa shape index (κ3) is 2.11. The lowest BCUT2D eigenvalue weighted by molar-refractivity contribution is -0.0823. The summed E-state index contributed by atoms with van der Waals surface area (Å²) in [5, 5.41) is 11.0. The first kappa shape index (κ1) is 14.9. The summed E-state index contributed by atoms with van der Waals surface area (Å²) in [5.74, 6) is 3.02. The topological polar surface area (TPSA) is 23.5 Å². The van der Waals surface area contributed by atoms with Gasteiger partial charge in [0.2, 0.25) is 0 Å². The molecule has 0 aromatic heterocycles. The van der Waals surface area contributed by atoms with E-state index in [0.717, 1.165) is 19.4 Å². The van der Waals surface area contributed by atoms with E-state index in [-0.39, 0.29) is 18.3 Å². The summed E-state index contributed by atoms with van der Waals surface area (Å²) in [7, 11) is 0. The van der Waals surface area contributed by atoms with Crippen LogP contribution < -0.4 is 0 Å². The zero-order chi connectivity index (χ0) is 13.7. The van der Waals surface area contributed by atoms with Crippen molar-refractivity contribution in [3.8, 4) is 12.3 Å². The molecule has 1 saturated carbocycles. The molecule has 3 aliphatic rings. The number of piperidine rings is 1. The van der Waals surface area contributed by atoms with Gasteiger partial charge < -0.3 is 5.11 Å². The van der Waals surface area contributed by atoms with Crippen molar-refractivity contribution in [3.05, 3.63) is 35.4 Å². The lowest BCUT2D eigenvalue weighted by Gasteiger charge is -2.52. The molecule has 1 aromatic carbocycles. The van der Waals surface area contributed by atoms with Crippen molar-refractivity contribution in [2.75, 3.05) is 6.54 Å². The number of benzene rings is 1. The second kappa shape index (κ2) is 5.32. The van der Waals surface area contributed by atoms with E-state index in [0.29, 0.717) is 18.5 Å². The van der Waals surface area contributed by atoms with Crippen LogP contribution in [0, 0.1) is 18.3 Å². The minimum absolute atomic E-state index is 0. The van der Waals surface area contributed by atoms with Crippen molar-refractivity contribution in [1.82, 2.24) is 4.90 Å². The number of halogens is 1. The summed E-state index contributed by atoms with van der Waals surface area (Å²) in [4.78, 5) is 2.63. The zero-order valence-electron chi connectivity index (χ0n) is 12.2. The minimum Gasteiger partial charge on any atom is -0.377 e. The predicted molar refractivity (Wildman–Crippen MR) is 86.4 cm³/mol. The lowest BCUT2D eigenvalue weighted by Crippen LogP contribution is -2.57. The van der Waals surface area contributed by atoms with E-state index < -0.39 is 5.60 Å². The third-order valence-corrected chi connectivity index (χ3v) is 5.73. The molecular formula is C18H22ClNO. The maximum atomic E-state index is 11.0. The first-order chi connectivity index (χ1) is 9.73. The number of rotatable bonds is 0. The van der Waals surface area contributed by atoms with Gasteiger partial charge in [-0.2, -0.15) is 0 Å². The Morgan fingerprint density at radius 3 is 2.90 bits per heavy atom. The molecule has 0 spiro atoms. The van der Waals surface area contributed by atoms with Gasteiger partial charge in [0.15, 0.2) is 0 Å². The SMILES string of the molecule is C#CC1(O)CC2c3ccccc3CCN2C2CCCC21.Cl. The lowest BCUT2D eigenvalue weighted by atomic mass is 9.71. The molecule has 0 amide bonds. The highest BCUT2D eigenvalue weighted by Crippen LogP contribution is 2.51. The predicted octanol–water partition coefficient (Wildman–Crippen LogP) is 2.94. The molecule has 2 fully saturated rings. The van der Waals surface area contributed by atoms with Gasteiger partial charge in [0.25, 0.3) is 0 Å². The quantitative estimate of drug-likeness (QED) is 0.745. The summed E-state index contributed by atoms with van der Waals surface area (Å²) < 4.78 is 0. The number of terminal acetylenes is 1. The average Bonchev–Trinajstić information content (AvgIpc) is 2.98. The molecule has 2 nitrogen and oxygen atoms in total. The first-order valence-electron chi connectivity index (χ1n) is 7.76. The van der Waals surface area contributed by atoms with Gasteiger partial charge in [-0.1, -0.05) is 36.6 Å². The van der Waals surface area contributed by atoms with Crippen molar-refractivity contribution in [2.45, 2.75) is 49.8 Å². The van der Waals surface area contributed by atoms with E-state index in [1.54, 1.807) is 0 Å². The summed E-state index contributed by atoms with van der Waals surface area (Å²) in [6, 6.07) is 9.45. The highest BCUT2D eigenvalue weighted by Gasteiger charge is 2.53. The van der Waals surface area contributed by atoms with E-state index in [1.807, 2.05) is 0 Å². The normalized spacial score (nSPS) is 37.6. The van der Waals surface area contributed by atoms with E-state index in [9.17, 15) is 5.11 Å². The van der Waals surface area contributed by atoms with Crippen LogP contribution in [-0.4, -0.2) is 28.2 Å². The van der Waals surface area contributed by atoms with Crippen LogP contribution in [0.1, 0.15) is 42.9 Å². The van der Waals surface area contributed by atoms with Gasteiger partial charge in [0, 0.05) is 31.0 Å². The number of nitrogens with zero attached hydrogens (tertiary/aromatic N) is 1. The average molecular weight is 304 g/mol. The Kier molecular flexibility index (Phi) is 3.78. The molecule has 2 aliphatic heterocycles. The molecule has 1 saturated heterocycles. The van der Waals surface area contributed by atoms with Crippen molar-refractivity contribution in [1.29, 1.82) is 0 Å². The Hall–Kier alpha value is -1.01. The van der Waals surface area contributed by atoms with Crippen LogP contribution >= 0.6 is 12.4 Å². The van der Waals surface area contributed by atoms with Crippen LogP contribution in [0.5, 0.6) is 0 Å². The largest absolute Gasteiger partial charge is 0.377 e. The van der Waals surface area contributed by atoms with Crippen molar-refractivity contribution < 1.29 is 5.11 Å². The van der Waals surface area contributed by atoms with Crippen LogP contribution in [0.4, 0.5) is 0 Å².